The number of aliphatic hydroxyl groups excluding tert-OH is 1. The summed E-state index contributed by atoms with van der Waals surface area (Å²) in [6, 6.07) is 10.5. The minimum absolute atomic E-state index is 0.0147. The predicted octanol–water partition coefficient (Wildman–Crippen LogP) is 2.62. The molecule has 1 amide bonds. The van der Waals surface area contributed by atoms with Gasteiger partial charge in [-0.3, -0.25) is 4.90 Å². The van der Waals surface area contributed by atoms with Crippen LogP contribution in [0.1, 0.15) is 49.3 Å². The molecule has 0 radical (unpaired) electrons. The number of hydrogen-bond acceptors (Lipinski definition) is 5. The lowest BCUT2D eigenvalue weighted by Gasteiger charge is -2.41. The summed E-state index contributed by atoms with van der Waals surface area (Å²) in [6.07, 6.45) is 4.82. The van der Waals surface area contributed by atoms with Gasteiger partial charge in [-0.25, -0.2) is 24.4 Å². The van der Waals surface area contributed by atoms with Gasteiger partial charge in [0.25, 0.3) is 0 Å². The fourth-order valence-corrected chi connectivity index (χ4v) is 4.27. The molecular formula is C21H29N5O2. The van der Waals surface area contributed by atoms with Crippen LogP contribution in [0.4, 0.5) is 4.79 Å². The highest BCUT2D eigenvalue weighted by atomic mass is 16.3. The predicted molar refractivity (Wildman–Crippen MR) is 106 cm³/mol. The van der Waals surface area contributed by atoms with E-state index < -0.39 is 0 Å². The number of unbranched alkanes of at least 4 members (excludes halogenated alkanes) is 1. The van der Waals surface area contributed by atoms with Crippen LogP contribution in [0, 0.1) is 0 Å². The number of rotatable bonds is 7. The summed E-state index contributed by atoms with van der Waals surface area (Å²) in [5.41, 5.74) is 2.23. The molecule has 2 aromatic rings. The van der Waals surface area contributed by atoms with Gasteiger partial charge in [0, 0.05) is 32.7 Å². The monoisotopic (exact) mass is 383 g/mol. The Bertz CT molecular complexity index is 798. The van der Waals surface area contributed by atoms with E-state index in [1.165, 1.54) is 5.56 Å². The van der Waals surface area contributed by atoms with Crippen LogP contribution >= 0.6 is 0 Å². The summed E-state index contributed by atoms with van der Waals surface area (Å²) in [5.74, 6) is 0.437. The standard InChI is InChI=1S/C21H29N5O2/c1-2-3-9-18-19-14-22-20(16-27)25(19)21(28)26(18)24-12-10-23(11-13-24)15-17-7-5-4-6-8-17/h4-8,14,18,27H,2-3,9-13,15-16H2,1H3. The largest absolute Gasteiger partial charge is 0.388 e. The van der Waals surface area contributed by atoms with Gasteiger partial charge in [0.15, 0.2) is 0 Å². The summed E-state index contributed by atoms with van der Waals surface area (Å²) in [7, 11) is 0. The molecule has 2 aliphatic heterocycles. The van der Waals surface area contributed by atoms with Gasteiger partial charge in [0.1, 0.15) is 12.4 Å². The number of imidazole rings is 1. The molecule has 150 valence electrons. The molecule has 1 aromatic carbocycles. The van der Waals surface area contributed by atoms with Crippen LogP contribution in [-0.2, 0) is 13.2 Å². The first-order valence-electron chi connectivity index (χ1n) is 10.2. The van der Waals surface area contributed by atoms with Crippen molar-refractivity contribution in [2.45, 2.75) is 45.4 Å². The highest BCUT2D eigenvalue weighted by Gasteiger charge is 2.42. The second kappa shape index (κ2) is 8.43. The molecular weight excluding hydrogens is 354 g/mol. The van der Waals surface area contributed by atoms with Crippen molar-refractivity contribution < 1.29 is 9.90 Å². The fourth-order valence-electron chi connectivity index (χ4n) is 4.27. The minimum atomic E-state index is -0.217. The lowest BCUT2D eigenvalue weighted by Crippen LogP contribution is -2.54. The van der Waals surface area contributed by atoms with Crippen molar-refractivity contribution in [3.63, 3.8) is 0 Å². The molecule has 1 unspecified atom stereocenters. The first-order valence-corrected chi connectivity index (χ1v) is 10.2. The lowest BCUT2D eigenvalue weighted by atomic mass is 10.1. The number of carbonyl (C=O) groups excluding carboxylic acids is 1. The lowest BCUT2D eigenvalue weighted by molar-refractivity contribution is -0.0456. The van der Waals surface area contributed by atoms with Crippen molar-refractivity contribution in [3.05, 3.63) is 53.6 Å². The summed E-state index contributed by atoms with van der Waals surface area (Å²) in [4.78, 5) is 19.8. The zero-order chi connectivity index (χ0) is 19.5. The van der Waals surface area contributed by atoms with Crippen molar-refractivity contribution in [2.24, 2.45) is 0 Å². The molecule has 3 heterocycles. The van der Waals surface area contributed by atoms with Crippen molar-refractivity contribution in [1.82, 2.24) is 24.5 Å². The van der Waals surface area contributed by atoms with Gasteiger partial charge in [-0.15, -0.1) is 0 Å². The van der Waals surface area contributed by atoms with E-state index in [-0.39, 0.29) is 18.7 Å². The Morgan fingerprint density at radius 1 is 1.14 bits per heavy atom. The molecule has 7 heteroatoms. The number of aromatic nitrogens is 2. The van der Waals surface area contributed by atoms with Crippen LogP contribution in [-0.4, -0.2) is 61.8 Å². The van der Waals surface area contributed by atoms with E-state index in [0.29, 0.717) is 5.82 Å². The molecule has 4 rings (SSSR count). The van der Waals surface area contributed by atoms with Gasteiger partial charge in [0.05, 0.1) is 17.9 Å². The van der Waals surface area contributed by atoms with E-state index in [4.69, 9.17) is 0 Å². The van der Waals surface area contributed by atoms with E-state index in [1.807, 2.05) is 11.1 Å². The zero-order valence-corrected chi connectivity index (χ0v) is 16.5. The Morgan fingerprint density at radius 2 is 1.89 bits per heavy atom. The average molecular weight is 383 g/mol. The molecule has 2 aliphatic rings. The second-order valence-corrected chi connectivity index (χ2v) is 7.59. The third kappa shape index (κ3) is 3.57. The van der Waals surface area contributed by atoms with E-state index in [1.54, 1.807) is 10.8 Å². The van der Waals surface area contributed by atoms with Gasteiger partial charge >= 0.3 is 6.03 Å². The van der Waals surface area contributed by atoms with E-state index in [2.05, 4.69) is 46.1 Å². The summed E-state index contributed by atoms with van der Waals surface area (Å²) in [5, 5.41) is 13.7. The SMILES string of the molecule is CCCCC1c2cnc(CO)n2C(=O)N1N1CCN(Cc2ccccc2)CC1. The van der Waals surface area contributed by atoms with E-state index in [0.717, 1.165) is 57.7 Å². The van der Waals surface area contributed by atoms with E-state index >= 15 is 0 Å². The van der Waals surface area contributed by atoms with Crippen molar-refractivity contribution in [3.8, 4) is 0 Å². The zero-order valence-electron chi connectivity index (χ0n) is 16.5. The van der Waals surface area contributed by atoms with Gasteiger partial charge in [-0.2, -0.15) is 0 Å². The van der Waals surface area contributed by atoms with Crippen LogP contribution in [0.5, 0.6) is 0 Å². The Labute approximate surface area is 166 Å². The number of hydrogen-bond donors (Lipinski definition) is 1. The quantitative estimate of drug-likeness (QED) is 0.796. The van der Waals surface area contributed by atoms with Crippen LogP contribution < -0.4 is 0 Å². The first kappa shape index (κ1) is 19.1. The second-order valence-electron chi connectivity index (χ2n) is 7.59. The van der Waals surface area contributed by atoms with Crippen LogP contribution in [0.15, 0.2) is 36.5 Å². The topological polar surface area (TPSA) is 64.8 Å². The third-order valence-electron chi connectivity index (χ3n) is 5.76. The number of fused-ring (bicyclic) bond motifs is 1. The van der Waals surface area contributed by atoms with Crippen LogP contribution in [0.2, 0.25) is 0 Å². The number of hydrazine groups is 1. The number of aliphatic hydroxyl groups is 1. The summed E-state index contributed by atoms with van der Waals surface area (Å²) >= 11 is 0. The van der Waals surface area contributed by atoms with Crippen LogP contribution in [0.25, 0.3) is 0 Å². The first-order chi connectivity index (χ1) is 13.7. The summed E-state index contributed by atoms with van der Waals surface area (Å²) in [6.45, 7) is 6.41. The molecule has 7 nitrogen and oxygen atoms in total. The average Bonchev–Trinajstić information content (AvgIpc) is 3.27. The van der Waals surface area contributed by atoms with E-state index in [9.17, 15) is 9.90 Å². The Morgan fingerprint density at radius 3 is 2.57 bits per heavy atom. The number of amides is 1. The molecule has 1 fully saturated rings. The molecule has 0 aliphatic carbocycles. The number of carbonyl (C=O) groups is 1. The van der Waals surface area contributed by atoms with Gasteiger partial charge in [-0.1, -0.05) is 50.1 Å². The fraction of sp³-hybridized carbons (Fsp3) is 0.524. The molecule has 1 saturated heterocycles. The van der Waals surface area contributed by atoms with Gasteiger partial charge in [0.2, 0.25) is 0 Å². The molecule has 0 bridgehead atoms. The Balaban J connectivity index is 1.46. The van der Waals surface area contributed by atoms with Gasteiger partial charge in [-0.05, 0) is 12.0 Å². The highest BCUT2D eigenvalue weighted by Crippen LogP contribution is 2.35. The van der Waals surface area contributed by atoms with Crippen molar-refractivity contribution in [2.75, 3.05) is 26.2 Å². The maximum Gasteiger partial charge on any atom is 0.345 e. The maximum absolute atomic E-state index is 13.2. The number of benzene rings is 1. The minimum Gasteiger partial charge on any atom is -0.388 e. The Kier molecular flexibility index (Phi) is 5.75. The van der Waals surface area contributed by atoms with Crippen molar-refractivity contribution >= 4 is 6.03 Å². The maximum atomic E-state index is 13.2. The molecule has 1 N–H and O–H groups in total. The van der Waals surface area contributed by atoms with Crippen molar-refractivity contribution in [1.29, 1.82) is 0 Å². The molecule has 1 atom stereocenters. The normalized spacial score (nSPS) is 20.7. The molecule has 28 heavy (non-hydrogen) atoms. The molecule has 0 saturated carbocycles. The summed E-state index contributed by atoms with van der Waals surface area (Å²) < 4.78 is 1.61. The van der Waals surface area contributed by atoms with Gasteiger partial charge < -0.3 is 5.11 Å². The molecule has 1 aromatic heterocycles. The smallest absolute Gasteiger partial charge is 0.345 e. The van der Waals surface area contributed by atoms with Crippen LogP contribution in [0.3, 0.4) is 0 Å². The number of piperazine rings is 1. The highest BCUT2D eigenvalue weighted by molar-refractivity contribution is 5.81. The Hall–Kier alpha value is -2.22. The third-order valence-corrected chi connectivity index (χ3v) is 5.76. The molecule has 0 spiro atoms. The number of nitrogens with zero attached hydrogens (tertiary/aromatic N) is 5.